The van der Waals surface area contributed by atoms with Crippen LogP contribution in [0.25, 0.3) is 0 Å². The molecule has 0 saturated carbocycles. The number of rotatable bonds is 5. The molecule has 1 aliphatic heterocycles. The lowest BCUT2D eigenvalue weighted by Gasteiger charge is -2.35. The van der Waals surface area contributed by atoms with E-state index in [1.165, 1.54) is 4.31 Å². The molecule has 2 rings (SSSR count). The number of hydrogen-bond donors (Lipinski definition) is 1. The van der Waals surface area contributed by atoms with Gasteiger partial charge in [-0.15, -0.1) is 0 Å². The van der Waals surface area contributed by atoms with Gasteiger partial charge in [0.25, 0.3) is 0 Å². The van der Waals surface area contributed by atoms with Crippen LogP contribution in [0.3, 0.4) is 0 Å². The Labute approximate surface area is 150 Å². The summed E-state index contributed by atoms with van der Waals surface area (Å²) in [6.45, 7) is 0.539. The summed E-state index contributed by atoms with van der Waals surface area (Å²) >= 11 is 0. The second-order valence-electron chi connectivity index (χ2n) is 6.47. The molecule has 146 valence electrons. The van der Waals surface area contributed by atoms with Crippen LogP contribution in [-0.2, 0) is 20.6 Å². The van der Waals surface area contributed by atoms with E-state index in [1.807, 2.05) is 0 Å². The standard InChI is InChI=1S/C16H21F3N2O4S/c1-15(23,16(17,18)19)11-14(22)20-7-9-21(10-8-20)26(24,25)12-13-5-3-2-4-6-13/h2-6,23H,7-12H2,1H3/t15-/m1/s1. The maximum atomic E-state index is 12.7. The lowest BCUT2D eigenvalue weighted by molar-refractivity contribution is -0.254. The second kappa shape index (κ2) is 7.53. The number of hydrogen-bond acceptors (Lipinski definition) is 4. The second-order valence-corrected chi connectivity index (χ2v) is 8.44. The minimum Gasteiger partial charge on any atom is -0.380 e. The number of halogens is 3. The van der Waals surface area contributed by atoms with Crippen molar-refractivity contribution in [1.82, 2.24) is 9.21 Å². The van der Waals surface area contributed by atoms with Gasteiger partial charge in [-0.1, -0.05) is 30.3 Å². The Bertz CT molecular complexity index is 728. The highest BCUT2D eigenvalue weighted by Gasteiger charge is 2.51. The van der Waals surface area contributed by atoms with Crippen LogP contribution in [0.5, 0.6) is 0 Å². The van der Waals surface area contributed by atoms with Gasteiger partial charge < -0.3 is 10.0 Å². The van der Waals surface area contributed by atoms with Crippen LogP contribution in [0.15, 0.2) is 30.3 Å². The zero-order valence-corrected chi connectivity index (χ0v) is 15.1. The maximum absolute atomic E-state index is 12.7. The Morgan fingerprint density at radius 2 is 1.65 bits per heavy atom. The van der Waals surface area contributed by atoms with Crippen molar-refractivity contribution >= 4 is 15.9 Å². The molecule has 26 heavy (non-hydrogen) atoms. The fraction of sp³-hybridized carbons (Fsp3) is 0.562. The first kappa shape index (κ1) is 20.7. The third-order valence-electron chi connectivity index (χ3n) is 4.28. The zero-order valence-electron chi connectivity index (χ0n) is 14.2. The van der Waals surface area contributed by atoms with Crippen LogP contribution < -0.4 is 0 Å². The van der Waals surface area contributed by atoms with E-state index >= 15 is 0 Å². The normalized spacial score (nSPS) is 19.2. The van der Waals surface area contributed by atoms with Gasteiger partial charge >= 0.3 is 6.18 Å². The molecule has 1 aliphatic rings. The molecule has 0 aromatic heterocycles. The summed E-state index contributed by atoms with van der Waals surface area (Å²) in [5.74, 6) is -1.03. The Kier molecular flexibility index (Phi) is 5.99. The number of alkyl halides is 3. The maximum Gasteiger partial charge on any atom is 0.417 e. The van der Waals surface area contributed by atoms with E-state index in [-0.39, 0.29) is 31.9 Å². The molecular weight excluding hydrogens is 373 g/mol. The zero-order chi connectivity index (χ0) is 19.6. The number of aliphatic hydroxyl groups is 1. The van der Waals surface area contributed by atoms with E-state index in [1.54, 1.807) is 30.3 Å². The van der Waals surface area contributed by atoms with Crippen molar-refractivity contribution in [2.24, 2.45) is 0 Å². The lowest BCUT2D eigenvalue weighted by atomic mass is 10.0. The predicted octanol–water partition coefficient (Wildman–Crippen LogP) is 1.36. The largest absolute Gasteiger partial charge is 0.417 e. The van der Waals surface area contributed by atoms with Gasteiger partial charge in [-0.2, -0.15) is 17.5 Å². The third kappa shape index (κ3) is 4.95. The number of carbonyl (C=O) groups is 1. The predicted molar refractivity (Wildman–Crippen MR) is 88.5 cm³/mol. The minimum atomic E-state index is -4.91. The van der Waals surface area contributed by atoms with Crippen LogP contribution in [0.1, 0.15) is 18.9 Å². The molecule has 0 aliphatic carbocycles. The summed E-state index contributed by atoms with van der Waals surface area (Å²) in [5.41, 5.74) is -2.48. The fourth-order valence-corrected chi connectivity index (χ4v) is 4.11. The molecule has 1 heterocycles. The summed E-state index contributed by atoms with van der Waals surface area (Å²) in [5, 5.41) is 9.42. The molecule has 6 nitrogen and oxygen atoms in total. The van der Waals surface area contributed by atoms with Crippen LogP contribution in [0.2, 0.25) is 0 Å². The summed E-state index contributed by atoms with van der Waals surface area (Å²) in [6.07, 6.45) is -6.00. The van der Waals surface area contributed by atoms with Gasteiger partial charge in [-0.25, -0.2) is 8.42 Å². The van der Waals surface area contributed by atoms with Gasteiger partial charge in [-0.05, 0) is 12.5 Å². The van der Waals surface area contributed by atoms with Crippen molar-refractivity contribution in [3.63, 3.8) is 0 Å². The highest BCUT2D eigenvalue weighted by molar-refractivity contribution is 7.88. The van der Waals surface area contributed by atoms with E-state index < -0.39 is 34.1 Å². The molecular formula is C16H21F3N2O4S. The topological polar surface area (TPSA) is 77.9 Å². The van der Waals surface area contributed by atoms with E-state index in [2.05, 4.69) is 0 Å². The van der Waals surface area contributed by atoms with Crippen LogP contribution in [0, 0.1) is 0 Å². The Hall–Kier alpha value is -1.65. The molecule has 0 radical (unpaired) electrons. The van der Waals surface area contributed by atoms with E-state index in [9.17, 15) is 31.5 Å². The SMILES string of the molecule is C[C@@](O)(CC(=O)N1CCN(S(=O)(=O)Cc2ccccc2)CC1)C(F)(F)F. The molecule has 1 fully saturated rings. The third-order valence-corrected chi connectivity index (χ3v) is 6.13. The summed E-state index contributed by atoms with van der Waals surface area (Å²) < 4.78 is 64.1. The van der Waals surface area contributed by atoms with Crippen molar-refractivity contribution < 1.29 is 31.5 Å². The van der Waals surface area contributed by atoms with E-state index in [0.717, 1.165) is 4.90 Å². The highest BCUT2D eigenvalue weighted by Crippen LogP contribution is 2.33. The molecule has 10 heteroatoms. The van der Waals surface area contributed by atoms with Gasteiger partial charge in [0, 0.05) is 26.2 Å². The first-order valence-corrected chi connectivity index (χ1v) is 9.62. The van der Waals surface area contributed by atoms with Gasteiger partial charge in [0.2, 0.25) is 15.9 Å². The van der Waals surface area contributed by atoms with Gasteiger partial charge in [0.1, 0.15) is 0 Å². The van der Waals surface area contributed by atoms with Crippen molar-refractivity contribution in [2.45, 2.75) is 30.9 Å². The average Bonchev–Trinajstić information content (AvgIpc) is 2.54. The number of benzene rings is 1. The van der Waals surface area contributed by atoms with E-state index in [4.69, 9.17) is 0 Å². The molecule has 1 N–H and O–H groups in total. The Balaban J connectivity index is 1.93. The molecule has 0 unspecified atom stereocenters. The van der Waals surface area contributed by atoms with Gasteiger partial charge in [-0.3, -0.25) is 4.79 Å². The van der Waals surface area contributed by atoms with Crippen molar-refractivity contribution in [1.29, 1.82) is 0 Å². The number of nitrogens with zero attached hydrogens (tertiary/aromatic N) is 2. The number of sulfonamides is 1. The van der Waals surface area contributed by atoms with Crippen molar-refractivity contribution in [3.05, 3.63) is 35.9 Å². The van der Waals surface area contributed by atoms with Crippen molar-refractivity contribution in [3.8, 4) is 0 Å². The molecule has 1 saturated heterocycles. The summed E-state index contributed by atoms with van der Waals surface area (Å²) in [6, 6.07) is 8.62. The first-order valence-electron chi connectivity index (χ1n) is 8.01. The lowest BCUT2D eigenvalue weighted by Crippen LogP contribution is -2.53. The molecule has 1 amide bonds. The fourth-order valence-electron chi connectivity index (χ4n) is 2.60. The van der Waals surface area contributed by atoms with Crippen LogP contribution >= 0.6 is 0 Å². The summed E-state index contributed by atoms with van der Waals surface area (Å²) in [4.78, 5) is 13.2. The Morgan fingerprint density at radius 3 is 2.15 bits per heavy atom. The number of piperazine rings is 1. The average molecular weight is 394 g/mol. The molecule has 1 aromatic rings. The monoisotopic (exact) mass is 394 g/mol. The Morgan fingerprint density at radius 1 is 1.12 bits per heavy atom. The first-order chi connectivity index (χ1) is 11.9. The van der Waals surface area contributed by atoms with Crippen LogP contribution in [0.4, 0.5) is 13.2 Å². The smallest absolute Gasteiger partial charge is 0.380 e. The van der Waals surface area contributed by atoms with E-state index in [0.29, 0.717) is 12.5 Å². The number of amides is 1. The molecule has 1 aromatic carbocycles. The van der Waals surface area contributed by atoms with Gasteiger partial charge in [0.15, 0.2) is 5.60 Å². The molecule has 1 atom stereocenters. The molecule has 0 spiro atoms. The number of carbonyl (C=O) groups excluding carboxylic acids is 1. The minimum absolute atomic E-state index is 0.00900. The van der Waals surface area contributed by atoms with Gasteiger partial charge in [0.05, 0.1) is 12.2 Å². The quantitative estimate of drug-likeness (QED) is 0.818. The van der Waals surface area contributed by atoms with Crippen LogP contribution in [-0.4, -0.2) is 66.6 Å². The highest BCUT2D eigenvalue weighted by atomic mass is 32.2. The summed E-state index contributed by atoms with van der Waals surface area (Å²) in [7, 11) is -3.58. The molecule has 0 bridgehead atoms. The van der Waals surface area contributed by atoms with Crippen molar-refractivity contribution in [2.75, 3.05) is 26.2 Å².